The molecule has 0 saturated carbocycles. The van der Waals surface area contributed by atoms with E-state index in [4.69, 9.17) is 11.0 Å². The number of aromatic nitrogens is 2. The Hall–Kier alpha value is -2.10. The number of aliphatic hydroxyl groups is 1. The molecule has 1 aliphatic heterocycles. The van der Waals surface area contributed by atoms with E-state index in [1.807, 2.05) is 6.07 Å². The fourth-order valence-electron chi connectivity index (χ4n) is 2.54. The lowest BCUT2D eigenvalue weighted by Crippen LogP contribution is -2.36. The maximum absolute atomic E-state index is 9.58. The van der Waals surface area contributed by atoms with E-state index in [9.17, 15) is 5.11 Å². The summed E-state index contributed by atoms with van der Waals surface area (Å²) in [5, 5.41) is 28.4. The molecule has 3 rings (SSSR count). The summed E-state index contributed by atoms with van der Waals surface area (Å²) < 4.78 is 0. The predicted octanol–water partition coefficient (Wildman–Crippen LogP) is 1.47. The first-order valence-corrected chi connectivity index (χ1v) is 6.58. The topological polar surface area (TPSA) is 99.1 Å². The minimum atomic E-state index is -0.232. The van der Waals surface area contributed by atoms with Gasteiger partial charge < -0.3 is 15.7 Å². The molecule has 1 aromatic heterocycles. The molecule has 0 aliphatic carbocycles. The normalized spacial score (nSPS) is 15.5. The molecule has 1 aliphatic rings. The number of anilines is 2. The molecule has 21 heavy (non-hydrogen) atoms. The van der Waals surface area contributed by atoms with Gasteiger partial charge in [-0.05, 0) is 31.0 Å². The highest BCUT2D eigenvalue weighted by Gasteiger charge is 2.21. The Morgan fingerprint density at radius 2 is 1.95 bits per heavy atom. The smallest absolute Gasteiger partial charge is 0.159 e. The molecule has 0 atom stereocenters. The second-order valence-electron chi connectivity index (χ2n) is 5.00. The van der Waals surface area contributed by atoms with Crippen molar-refractivity contribution in [3.05, 3.63) is 23.8 Å². The molecule has 2 heterocycles. The molecular formula is C14H16ClN5O. The maximum atomic E-state index is 9.58. The van der Waals surface area contributed by atoms with Crippen molar-refractivity contribution in [2.24, 2.45) is 0 Å². The minimum absolute atomic E-state index is 0. The van der Waals surface area contributed by atoms with Crippen molar-refractivity contribution in [2.45, 2.75) is 18.9 Å². The van der Waals surface area contributed by atoms with Crippen molar-refractivity contribution in [3.8, 4) is 6.07 Å². The van der Waals surface area contributed by atoms with E-state index < -0.39 is 0 Å². The number of piperidine rings is 1. The SMILES string of the molecule is Cl.N#Cc1ccc2c(N3CCC(O)CC3)nnc(N)c2c1. The van der Waals surface area contributed by atoms with Crippen molar-refractivity contribution < 1.29 is 5.11 Å². The van der Waals surface area contributed by atoms with Gasteiger partial charge in [0, 0.05) is 23.9 Å². The number of nitrogens with zero attached hydrogens (tertiary/aromatic N) is 4. The Kier molecular flexibility index (Phi) is 4.46. The van der Waals surface area contributed by atoms with Crippen LogP contribution < -0.4 is 10.6 Å². The monoisotopic (exact) mass is 305 g/mol. The number of aliphatic hydroxyl groups excluding tert-OH is 1. The summed E-state index contributed by atoms with van der Waals surface area (Å²) in [5.74, 6) is 1.10. The third-order valence-electron chi connectivity index (χ3n) is 3.68. The van der Waals surface area contributed by atoms with Crippen LogP contribution in [0.3, 0.4) is 0 Å². The molecular weight excluding hydrogens is 290 g/mol. The first kappa shape index (κ1) is 15.3. The number of nitrogen functional groups attached to an aromatic ring is 1. The van der Waals surface area contributed by atoms with E-state index in [0.717, 1.165) is 42.5 Å². The fourth-order valence-corrected chi connectivity index (χ4v) is 2.54. The van der Waals surface area contributed by atoms with E-state index >= 15 is 0 Å². The molecule has 2 aromatic rings. The van der Waals surface area contributed by atoms with Crippen LogP contribution in [0.25, 0.3) is 10.8 Å². The van der Waals surface area contributed by atoms with E-state index in [2.05, 4.69) is 21.2 Å². The average Bonchev–Trinajstić information content (AvgIpc) is 2.49. The van der Waals surface area contributed by atoms with Crippen LogP contribution in [0.15, 0.2) is 18.2 Å². The van der Waals surface area contributed by atoms with E-state index in [-0.39, 0.29) is 18.5 Å². The van der Waals surface area contributed by atoms with Crippen LogP contribution in [0.5, 0.6) is 0 Å². The zero-order chi connectivity index (χ0) is 14.1. The van der Waals surface area contributed by atoms with E-state index in [0.29, 0.717) is 11.4 Å². The molecule has 0 radical (unpaired) electrons. The molecule has 1 fully saturated rings. The zero-order valence-electron chi connectivity index (χ0n) is 11.4. The fraction of sp³-hybridized carbons (Fsp3) is 0.357. The number of halogens is 1. The maximum Gasteiger partial charge on any atom is 0.159 e. The highest BCUT2D eigenvalue weighted by atomic mass is 35.5. The van der Waals surface area contributed by atoms with Gasteiger partial charge in [0.25, 0.3) is 0 Å². The van der Waals surface area contributed by atoms with Crippen molar-refractivity contribution in [2.75, 3.05) is 23.7 Å². The third kappa shape index (κ3) is 2.84. The van der Waals surface area contributed by atoms with Gasteiger partial charge in [-0.3, -0.25) is 0 Å². The summed E-state index contributed by atoms with van der Waals surface area (Å²) in [7, 11) is 0. The second-order valence-corrected chi connectivity index (χ2v) is 5.00. The lowest BCUT2D eigenvalue weighted by Gasteiger charge is -2.30. The summed E-state index contributed by atoms with van der Waals surface area (Å²) in [4.78, 5) is 2.10. The van der Waals surface area contributed by atoms with Gasteiger partial charge in [-0.2, -0.15) is 5.26 Å². The summed E-state index contributed by atoms with van der Waals surface area (Å²) in [6.07, 6.45) is 1.22. The molecule has 0 bridgehead atoms. The molecule has 3 N–H and O–H groups in total. The molecule has 7 heteroatoms. The first-order valence-electron chi connectivity index (χ1n) is 6.58. The van der Waals surface area contributed by atoms with Crippen molar-refractivity contribution in [3.63, 3.8) is 0 Å². The van der Waals surface area contributed by atoms with Crippen LogP contribution in [-0.4, -0.2) is 34.5 Å². The van der Waals surface area contributed by atoms with Crippen LogP contribution in [-0.2, 0) is 0 Å². The van der Waals surface area contributed by atoms with Gasteiger partial charge >= 0.3 is 0 Å². The Balaban J connectivity index is 0.00000161. The quantitative estimate of drug-likeness (QED) is 0.827. The summed E-state index contributed by atoms with van der Waals surface area (Å²) in [6, 6.07) is 7.45. The van der Waals surface area contributed by atoms with Crippen LogP contribution >= 0.6 is 12.4 Å². The molecule has 1 aromatic carbocycles. The van der Waals surface area contributed by atoms with Crippen molar-refractivity contribution in [1.29, 1.82) is 5.26 Å². The molecule has 110 valence electrons. The Labute approximate surface area is 128 Å². The Morgan fingerprint density at radius 3 is 2.62 bits per heavy atom. The molecule has 0 spiro atoms. The van der Waals surface area contributed by atoms with Gasteiger partial charge in [0.15, 0.2) is 11.6 Å². The Bertz CT molecular complexity index is 692. The number of nitrogens with two attached hydrogens (primary N) is 1. The Morgan fingerprint density at radius 1 is 1.24 bits per heavy atom. The highest BCUT2D eigenvalue weighted by Crippen LogP contribution is 2.29. The number of nitriles is 1. The zero-order valence-corrected chi connectivity index (χ0v) is 12.2. The highest BCUT2D eigenvalue weighted by molar-refractivity contribution is 5.98. The van der Waals surface area contributed by atoms with E-state index in [1.54, 1.807) is 12.1 Å². The summed E-state index contributed by atoms with van der Waals surface area (Å²) in [6.45, 7) is 1.49. The van der Waals surface area contributed by atoms with Gasteiger partial charge in [0.1, 0.15) is 0 Å². The standard InChI is InChI=1S/C14H15N5O.ClH/c15-8-9-1-2-11-12(7-9)13(16)17-18-14(11)19-5-3-10(20)4-6-19;/h1-2,7,10,20H,3-6H2,(H2,16,17);1H. The number of benzene rings is 1. The van der Waals surface area contributed by atoms with Gasteiger partial charge in [-0.25, -0.2) is 0 Å². The molecule has 6 nitrogen and oxygen atoms in total. The largest absolute Gasteiger partial charge is 0.393 e. The number of hydrogen-bond acceptors (Lipinski definition) is 6. The van der Waals surface area contributed by atoms with Gasteiger partial charge in [-0.1, -0.05) is 0 Å². The lowest BCUT2D eigenvalue weighted by molar-refractivity contribution is 0.145. The van der Waals surface area contributed by atoms with Crippen LogP contribution in [0, 0.1) is 11.3 Å². The first-order chi connectivity index (χ1) is 9.69. The van der Waals surface area contributed by atoms with Gasteiger partial charge in [0.05, 0.1) is 17.7 Å². The molecule has 1 saturated heterocycles. The average molecular weight is 306 g/mol. The number of fused-ring (bicyclic) bond motifs is 1. The summed E-state index contributed by atoms with van der Waals surface area (Å²) in [5.41, 5.74) is 6.41. The predicted molar refractivity (Wildman–Crippen MR) is 83.4 cm³/mol. The second kappa shape index (κ2) is 6.12. The van der Waals surface area contributed by atoms with Crippen LogP contribution in [0.1, 0.15) is 18.4 Å². The van der Waals surface area contributed by atoms with Gasteiger partial charge in [-0.15, -0.1) is 22.6 Å². The van der Waals surface area contributed by atoms with Crippen LogP contribution in [0.2, 0.25) is 0 Å². The minimum Gasteiger partial charge on any atom is -0.393 e. The van der Waals surface area contributed by atoms with Gasteiger partial charge in [0.2, 0.25) is 0 Å². The van der Waals surface area contributed by atoms with E-state index in [1.165, 1.54) is 0 Å². The summed E-state index contributed by atoms with van der Waals surface area (Å²) >= 11 is 0. The van der Waals surface area contributed by atoms with Crippen molar-refractivity contribution >= 4 is 34.8 Å². The van der Waals surface area contributed by atoms with Crippen LogP contribution in [0.4, 0.5) is 11.6 Å². The lowest BCUT2D eigenvalue weighted by atomic mass is 10.1. The number of hydrogen-bond donors (Lipinski definition) is 2. The van der Waals surface area contributed by atoms with Crippen molar-refractivity contribution in [1.82, 2.24) is 10.2 Å². The molecule has 0 unspecified atom stereocenters. The molecule has 0 amide bonds. The number of rotatable bonds is 1. The third-order valence-corrected chi connectivity index (χ3v) is 3.68.